The molecule has 0 aliphatic heterocycles. The van der Waals surface area contributed by atoms with Crippen molar-refractivity contribution in [3.63, 3.8) is 0 Å². The second-order valence-electron chi connectivity index (χ2n) is 6.63. The average molecular weight is 380 g/mol. The highest BCUT2D eigenvalue weighted by molar-refractivity contribution is 5.91. The number of rotatable bonds is 9. The van der Waals surface area contributed by atoms with Gasteiger partial charge in [-0.15, -0.1) is 0 Å². The number of carbonyl (C=O) groups excluding carboxylic acids is 1. The van der Waals surface area contributed by atoms with Gasteiger partial charge in [0.25, 0.3) is 0 Å². The number of fused-ring (bicyclic) bond motifs is 1. The Balaban J connectivity index is 1.55. The van der Waals surface area contributed by atoms with Gasteiger partial charge >= 0.3 is 11.6 Å². The van der Waals surface area contributed by atoms with Crippen LogP contribution in [0.4, 0.5) is 0 Å². The highest BCUT2D eigenvalue weighted by Gasteiger charge is 2.10. The van der Waals surface area contributed by atoms with Crippen molar-refractivity contribution in [2.75, 3.05) is 6.61 Å². The number of hydrogen-bond acceptors (Lipinski definition) is 5. The number of benzene rings is 2. The first-order chi connectivity index (χ1) is 13.7. The molecule has 5 nitrogen and oxygen atoms in total. The van der Waals surface area contributed by atoms with Crippen LogP contribution >= 0.6 is 0 Å². The summed E-state index contributed by atoms with van der Waals surface area (Å²) in [7, 11) is 0. The fourth-order valence-corrected chi connectivity index (χ4v) is 2.85. The van der Waals surface area contributed by atoms with E-state index in [1.54, 1.807) is 42.5 Å². The van der Waals surface area contributed by atoms with Crippen LogP contribution in [0.15, 0.2) is 63.8 Å². The van der Waals surface area contributed by atoms with E-state index in [1.165, 1.54) is 37.8 Å². The topological polar surface area (TPSA) is 65.7 Å². The Morgan fingerprint density at radius 2 is 1.61 bits per heavy atom. The van der Waals surface area contributed by atoms with Crippen molar-refractivity contribution < 1.29 is 18.7 Å². The van der Waals surface area contributed by atoms with E-state index in [4.69, 9.17) is 13.9 Å². The summed E-state index contributed by atoms with van der Waals surface area (Å²) in [5, 5.41) is 0.760. The lowest BCUT2D eigenvalue weighted by Crippen LogP contribution is -2.08. The number of carbonyl (C=O) groups is 1. The predicted octanol–water partition coefficient (Wildman–Crippen LogP) is 5.36. The molecular weight excluding hydrogens is 356 g/mol. The van der Waals surface area contributed by atoms with Crippen LogP contribution in [0, 0.1) is 0 Å². The van der Waals surface area contributed by atoms with Crippen molar-refractivity contribution in [2.45, 2.75) is 39.0 Å². The summed E-state index contributed by atoms with van der Waals surface area (Å²) in [6, 6.07) is 14.8. The van der Waals surface area contributed by atoms with E-state index in [9.17, 15) is 9.59 Å². The fraction of sp³-hybridized carbons (Fsp3) is 0.304. The molecule has 0 amide bonds. The first-order valence-corrected chi connectivity index (χ1v) is 9.64. The molecule has 3 rings (SSSR count). The lowest BCUT2D eigenvalue weighted by molar-refractivity contribution is 0.0735. The van der Waals surface area contributed by atoms with Crippen LogP contribution in [0.2, 0.25) is 0 Å². The van der Waals surface area contributed by atoms with Crippen LogP contribution in [0.5, 0.6) is 11.5 Å². The van der Waals surface area contributed by atoms with E-state index < -0.39 is 11.6 Å². The van der Waals surface area contributed by atoms with Crippen molar-refractivity contribution in [1.82, 2.24) is 0 Å². The standard InChI is InChI=1S/C23H24O5/c1-2-3-4-5-6-15-26-19-11-8-18(9-12-19)23(25)27-20-13-7-17-10-14-22(24)28-21(17)16-20/h7-14,16H,2-6,15H2,1H3. The van der Waals surface area contributed by atoms with Crippen molar-refractivity contribution >= 4 is 16.9 Å². The van der Waals surface area contributed by atoms with Gasteiger partial charge in [0.05, 0.1) is 12.2 Å². The smallest absolute Gasteiger partial charge is 0.343 e. The second kappa shape index (κ2) is 9.74. The van der Waals surface area contributed by atoms with Crippen molar-refractivity contribution in [3.8, 4) is 11.5 Å². The minimum atomic E-state index is -0.483. The summed E-state index contributed by atoms with van der Waals surface area (Å²) in [6.45, 7) is 2.87. The Morgan fingerprint density at radius 1 is 0.893 bits per heavy atom. The Kier molecular flexibility index (Phi) is 6.84. The maximum atomic E-state index is 12.3. The molecule has 0 saturated heterocycles. The van der Waals surface area contributed by atoms with E-state index in [1.807, 2.05) is 0 Å². The maximum Gasteiger partial charge on any atom is 0.343 e. The van der Waals surface area contributed by atoms with Crippen LogP contribution < -0.4 is 15.1 Å². The summed E-state index contributed by atoms with van der Waals surface area (Å²) >= 11 is 0. The Labute approximate surface area is 163 Å². The van der Waals surface area contributed by atoms with Crippen molar-refractivity contribution in [1.29, 1.82) is 0 Å². The number of esters is 1. The summed E-state index contributed by atoms with van der Waals surface area (Å²) < 4.78 is 16.2. The number of unbranched alkanes of at least 4 members (excludes halogenated alkanes) is 4. The molecule has 146 valence electrons. The third-order valence-corrected chi connectivity index (χ3v) is 4.41. The second-order valence-corrected chi connectivity index (χ2v) is 6.63. The van der Waals surface area contributed by atoms with Crippen LogP contribution in [0.1, 0.15) is 49.4 Å². The predicted molar refractivity (Wildman–Crippen MR) is 108 cm³/mol. The zero-order valence-corrected chi connectivity index (χ0v) is 16.0. The molecule has 0 radical (unpaired) electrons. The first kappa shape index (κ1) is 19.7. The summed E-state index contributed by atoms with van der Waals surface area (Å²) in [5.74, 6) is 0.572. The normalized spacial score (nSPS) is 10.8. The highest BCUT2D eigenvalue weighted by Crippen LogP contribution is 2.21. The molecule has 0 aliphatic rings. The molecule has 2 aromatic carbocycles. The summed E-state index contributed by atoms with van der Waals surface area (Å²) in [4.78, 5) is 23.7. The van der Waals surface area contributed by atoms with Gasteiger partial charge in [-0.05, 0) is 48.9 Å². The number of hydrogen-bond donors (Lipinski definition) is 0. The SMILES string of the molecule is CCCCCCCOc1ccc(C(=O)Oc2ccc3ccc(=O)oc3c2)cc1. The van der Waals surface area contributed by atoms with E-state index >= 15 is 0 Å². The first-order valence-electron chi connectivity index (χ1n) is 9.64. The van der Waals surface area contributed by atoms with Gasteiger partial charge in [-0.3, -0.25) is 0 Å². The van der Waals surface area contributed by atoms with Gasteiger partial charge in [0.1, 0.15) is 17.1 Å². The van der Waals surface area contributed by atoms with Gasteiger partial charge in [0.2, 0.25) is 0 Å². The molecule has 0 aliphatic carbocycles. The molecule has 0 unspecified atom stereocenters. The lowest BCUT2D eigenvalue weighted by Gasteiger charge is -2.08. The third-order valence-electron chi connectivity index (χ3n) is 4.41. The fourth-order valence-electron chi connectivity index (χ4n) is 2.85. The van der Waals surface area contributed by atoms with E-state index in [0.29, 0.717) is 23.5 Å². The molecule has 0 spiro atoms. The molecule has 0 bridgehead atoms. The minimum absolute atomic E-state index is 0.319. The zero-order valence-electron chi connectivity index (χ0n) is 16.0. The van der Waals surface area contributed by atoms with Gasteiger partial charge in [-0.2, -0.15) is 0 Å². The molecule has 0 saturated carbocycles. The van der Waals surface area contributed by atoms with Gasteiger partial charge < -0.3 is 13.9 Å². The quantitative estimate of drug-likeness (QED) is 0.216. The largest absolute Gasteiger partial charge is 0.494 e. The molecule has 1 aromatic heterocycles. The summed E-state index contributed by atoms with van der Waals surface area (Å²) in [6.07, 6.45) is 5.93. The van der Waals surface area contributed by atoms with Crippen LogP contribution in [-0.2, 0) is 0 Å². The molecule has 5 heteroatoms. The van der Waals surface area contributed by atoms with Gasteiger partial charge in [-0.25, -0.2) is 9.59 Å². The third kappa shape index (κ3) is 5.46. The Hall–Kier alpha value is -3.08. The van der Waals surface area contributed by atoms with Gasteiger partial charge in [0.15, 0.2) is 0 Å². The molecule has 3 aromatic rings. The Morgan fingerprint density at radius 3 is 2.39 bits per heavy atom. The van der Waals surface area contributed by atoms with Crippen LogP contribution in [0.3, 0.4) is 0 Å². The molecule has 0 N–H and O–H groups in total. The molecule has 0 atom stereocenters. The average Bonchev–Trinajstić information content (AvgIpc) is 2.70. The van der Waals surface area contributed by atoms with E-state index in [2.05, 4.69) is 6.92 Å². The molecule has 28 heavy (non-hydrogen) atoms. The van der Waals surface area contributed by atoms with Crippen molar-refractivity contribution in [2.24, 2.45) is 0 Å². The van der Waals surface area contributed by atoms with Crippen LogP contribution in [0.25, 0.3) is 11.0 Å². The van der Waals surface area contributed by atoms with Gasteiger partial charge in [-0.1, -0.05) is 32.6 Å². The van der Waals surface area contributed by atoms with Gasteiger partial charge in [0, 0.05) is 17.5 Å². The lowest BCUT2D eigenvalue weighted by atomic mass is 10.2. The summed E-state index contributed by atoms with van der Waals surface area (Å²) in [5.41, 5.74) is 0.349. The van der Waals surface area contributed by atoms with Crippen LogP contribution in [-0.4, -0.2) is 12.6 Å². The van der Waals surface area contributed by atoms with E-state index in [-0.39, 0.29) is 0 Å². The molecule has 1 heterocycles. The maximum absolute atomic E-state index is 12.3. The molecular formula is C23H24O5. The number of ether oxygens (including phenoxy) is 2. The minimum Gasteiger partial charge on any atom is -0.494 e. The van der Waals surface area contributed by atoms with E-state index in [0.717, 1.165) is 17.6 Å². The highest BCUT2D eigenvalue weighted by atomic mass is 16.5. The Bertz CT molecular complexity index is 972. The van der Waals surface area contributed by atoms with Crippen molar-refractivity contribution in [3.05, 3.63) is 70.6 Å². The molecule has 0 fully saturated rings. The monoisotopic (exact) mass is 380 g/mol. The zero-order chi connectivity index (χ0) is 19.8.